The molecule has 0 unspecified atom stereocenters. The highest BCUT2D eigenvalue weighted by molar-refractivity contribution is 7.08. The van der Waals surface area contributed by atoms with E-state index in [2.05, 4.69) is 4.98 Å². The van der Waals surface area contributed by atoms with Crippen LogP contribution in [-0.4, -0.2) is 4.98 Å². The Bertz CT molecular complexity index is 542. The molecule has 0 radical (unpaired) electrons. The van der Waals surface area contributed by atoms with E-state index >= 15 is 0 Å². The van der Waals surface area contributed by atoms with Gasteiger partial charge in [0.15, 0.2) is 0 Å². The molecule has 0 saturated carbocycles. The monoisotopic (exact) mass is 245 g/mol. The fourth-order valence-corrected chi connectivity index (χ4v) is 1.95. The van der Waals surface area contributed by atoms with Crippen LogP contribution in [-0.2, 0) is 6.18 Å². The molecule has 16 heavy (non-hydrogen) atoms. The molecule has 0 aliphatic heterocycles. The minimum atomic E-state index is -4.63. The maximum Gasteiger partial charge on any atom is 0.421 e. The van der Waals surface area contributed by atoms with E-state index < -0.39 is 17.3 Å². The Morgan fingerprint density at radius 3 is 2.56 bits per heavy atom. The van der Waals surface area contributed by atoms with E-state index in [1.165, 1.54) is 17.5 Å². The topological polar surface area (TPSA) is 32.9 Å². The molecule has 0 saturated heterocycles. The molecule has 0 bridgehead atoms. The van der Waals surface area contributed by atoms with Crippen LogP contribution >= 0.6 is 11.3 Å². The number of aromatic amines is 1. The van der Waals surface area contributed by atoms with Gasteiger partial charge in [-0.05, 0) is 34.0 Å². The summed E-state index contributed by atoms with van der Waals surface area (Å²) in [6, 6.07) is 2.55. The number of rotatable bonds is 1. The average Bonchev–Trinajstić information content (AvgIpc) is 2.69. The summed E-state index contributed by atoms with van der Waals surface area (Å²) >= 11 is 1.38. The van der Waals surface area contributed by atoms with Crippen molar-refractivity contribution in [2.75, 3.05) is 0 Å². The van der Waals surface area contributed by atoms with Gasteiger partial charge in [0, 0.05) is 6.20 Å². The van der Waals surface area contributed by atoms with Crippen molar-refractivity contribution in [2.24, 2.45) is 0 Å². The maximum atomic E-state index is 12.5. The van der Waals surface area contributed by atoms with Crippen LogP contribution in [0.2, 0.25) is 0 Å². The summed E-state index contributed by atoms with van der Waals surface area (Å²) in [6.07, 6.45) is -3.35. The van der Waals surface area contributed by atoms with E-state index in [1.54, 1.807) is 16.8 Å². The molecule has 84 valence electrons. The number of aromatic nitrogens is 1. The molecule has 0 spiro atoms. The van der Waals surface area contributed by atoms with Crippen molar-refractivity contribution < 1.29 is 13.2 Å². The zero-order valence-corrected chi connectivity index (χ0v) is 8.65. The molecule has 2 heterocycles. The van der Waals surface area contributed by atoms with Crippen LogP contribution in [0.3, 0.4) is 0 Å². The number of pyridine rings is 1. The highest BCUT2D eigenvalue weighted by atomic mass is 32.1. The fourth-order valence-electron chi connectivity index (χ4n) is 1.29. The predicted octanol–water partition coefficient (Wildman–Crippen LogP) is 3.12. The summed E-state index contributed by atoms with van der Waals surface area (Å²) in [6.45, 7) is 0. The van der Waals surface area contributed by atoms with Crippen LogP contribution in [0, 0.1) is 0 Å². The lowest BCUT2D eigenvalue weighted by molar-refractivity contribution is -0.138. The molecular weight excluding hydrogens is 239 g/mol. The SMILES string of the molecule is O=c1[nH]cc(-c2ccsc2)cc1C(F)(F)F. The van der Waals surface area contributed by atoms with Gasteiger partial charge in [0.25, 0.3) is 5.56 Å². The molecule has 0 fully saturated rings. The van der Waals surface area contributed by atoms with Gasteiger partial charge < -0.3 is 4.98 Å². The van der Waals surface area contributed by atoms with Crippen LogP contribution in [0.4, 0.5) is 13.2 Å². The zero-order valence-electron chi connectivity index (χ0n) is 7.84. The van der Waals surface area contributed by atoms with Gasteiger partial charge in [0.2, 0.25) is 0 Å². The second-order valence-corrected chi connectivity index (χ2v) is 3.92. The lowest BCUT2D eigenvalue weighted by atomic mass is 10.1. The molecule has 2 aromatic heterocycles. The smallest absolute Gasteiger partial charge is 0.328 e. The largest absolute Gasteiger partial charge is 0.421 e. The van der Waals surface area contributed by atoms with Gasteiger partial charge in [-0.25, -0.2) is 0 Å². The first kappa shape index (κ1) is 10.9. The number of hydrogen-bond acceptors (Lipinski definition) is 2. The summed E-state index contributed by atoms with van der Waals surface area (Å²) in [4.78, 5) is 13.1. The minimum Gasteiger partial charge on any atom is -0.328 e. The molecule has 2 aromatic rings. The number of thiophene rings is 1. The summed E-state index contributed by atoms with van der Waals surface area (Å²) in [7, 11) is 0. The van der Waals surface area contributed by atoms with Gasteiger partial charge in [0.05, 0.1) is 0 Å². The highest BCUT2D eigenvalue weighted by Gasteiger charge is 2.34. The number of H-pyrrole nitrogens is 1. The summed E-state index contributed by atoms with van der Waals surface area (Å²) in [5, 5.41) is 3.47. The van der Waals surface area contributed by atoms with Gasteiger partial charge in [-0.3, -0.25) is 4.79 Å². The first-order chi connectivity index (χ1) is 7.48. The average molecular weight is 245 g/mol. The standard InChI is InChI=1S/C10H6F3NOS/c11-10(12,13)8-3-7(4-14-9(8)15)6-1-2-16-5-6/h1-5H,(H,14,15). The van der Waals surface area contributed by atoms with E-state index in [-0.39, 0.29) is 0 Å². The molecule has 0 aromatic carbocycles. The second kappa shape index (κ2) is 3.79. The highest BCUT2D eigenvalue weighted by Crippen LogP contribution is 2.29. The fraction of sp³-hybridized carbons (Fsp3) is 0.100. The normalized spacial score (nSPS) is 11.7. The maximum absolute atomic E-state index is 12.5. The molecule has 2 nitrogen and oxygen atoms in total. The minimum absolute atomic E-state index is 0.355. The Labute approximate surface area is 92.4 Å². The third-order valence-corrected chi connectivity index (χ3v) is 2.75. The second-order valence-electron chi connectivity index (χ2n) is 3.14. The van der Waals surface area contributed by atoms with Crippen molar-refractivity contribution in [3.8, 4) is 11.1 Å². The third-order valence-electron chi connectivity index (χ3n) is 2.06. The first-order valence-electron chi connectivity index (χ1n) is 4.31. The first-order valence-corrected chi connectivity index (χ1v) is 5.25. The van der Waals surface area contributed by atoms with E-state index in [1.807, 2.05) is 0 Å². The molecule has 0 aliphatic rings. The molecule has 0 atom stereocenters. The van der Waals surface area contributed by atoms with Crippen LogP contribution in [0.15, 0.2) is 33.9 Å². The van der Waals surface area contributed by atoms with Crippen LogP contribution in [0.25, 0.3) is 11.1 Å². The lowest BCUT2D eigenvalue weighted by Gasteiger charge is -2.06. The molecular formula is C10H6F3NOS. The van der Waals surface area contributed by atoms with Gasteiger partial charge in [-0.15, -0.1) is 0 Å². The Morgan fingerprint density at radius 1 is 1.25 bits per heavy atom. The number of hydrogen-bond donors (Lipinski definition) is 1. The van der Waals surface area contributed by atoms with Crippen LogP contribution in [0.1, 0.15) is 5.56 Å². The van der Waals surface area contributed by atoms with Crippen molar-refractivity contribution in [3.63, 3.8) is 0 Å². The Kier molecular flexibility index (Phi) is 2.59. The Balaban J connectivity index is 2.57. The van der Waals surface area contributed by atoms with Crippen molar-refractivity contribution in [3.05, 3.63) is 45.0 Å². The third kappa shape index (κ3) is 2.01. The van der Waals surface area contributed by atoms with Crippen LogP contribution < -0.4 is 5.56 Å². The molecule has 0 aliphatic carbocycles. The van der Waals surface area contributed by atoms with E-state index in [4.69, 9.17) is 0 Å². The van der Waals surface area contributed by atoms with E-state index in [9.17, 15) is 18.0 Å². The number of halogens is 3. The van der Waals surface area contributed by atoms with Gasteiger partial charge in [-0.1, -0.05) is 0 Å². The molecule has 0 amide bonds. The van der Waals surface area contributed by atoms with Crippen LogP contribution in [0.5, 0.6) is 0 Å². The summed E-state index contributed by atoms with van der Waals surface area (Å²) in [5.74, 6) is 0. The lowest BCUT2D eigenvalue weighted by Crippen LogP contribution is -2.20. The Hall–Kier alpha value is -1.56. The van der Waals surface area contributed by atoms with Gasteiger partial charge >= 0.3 is 6.18 Å². The van der Waals surface area contributed by atoms with Crippen molar-refractivity contribution >= 4 is 11.3 Å². The van der Waals surface area contributed by atoms with E-state index in [0.717, 1.165) is 6.07 Å². The van der Waals surface area contributed by atoms with E-state index in [0.29, 0.717) is 11.1 Å². The van der Waals surface area contributed by atoms with Gasteiger partial charge in [0.1, 0.15) is 5.56 Å². The molecule has 2 rings (SSSR count). The van der Waals surface area contributed by atoms with Gasteiger partial charge in [-0.2, -0.15) is 24.5 Å². The van der Waals surface area contributed by atoms with Crippen molar-refractivity contribution in [2.45, 2.75) is 6.18 Å². The Morgan fingerprint density at radius 2 is 2.00 bits per heavy atom. The predicted molar refractivity (Wildman–Crippen MR) is 55.4 cm³/mol. The summed E-state index contributed by atoms with van der Waals surface area (Å²) in [5.41, 5.74) is -1.28. The molecule has 6 heteroatoms. The number of nitrogens with one attached hydrogen (secondary N) is 1. The van der Waals surface area contributed by atoms with Crippen molar-refractivity contribution in [1.29, 1.82) is 0 Å². The quantitative estimate of drug-likeness (QED) is 0.822. The number of alkyl halides is 3. The summed E-state index contributed by atoms with van der Waals surface area (Å²) < 4.78 is 37.4. The molecule has 1 N–H and O–H groups in total. The van der Waals surface area contributed by atoms with Crippen molar-refractivity contribution in [1.82, 2.24) is 4.98 Å². The zero-order chi connectivity index (χ0) is 11.8.